The van der Waals surface area contributed by atoms with Crippen LogP contribution in [0.15, 0.2) is 30.3 Å². The lowest BCUT2D eigenvalue weighted by Crippen LogP contribution is -2.42. The zero-order valence-corrected chi connectivity index (χ0v) is 10.6. The predicted octanol–water partition coefficient (Wildman–Crippen LogP) is 2.23. The molecule has 4 heteroatoms. The van der Waals surface area contributed by atoms with Crippen molar-refractivity contribution in [2.24, 2.45) is 5.92 Å². The number of benzene rings is 1. The van der Waals surface area contributed by atoms with Crippen LogP contribution in [-0.2, 0) is 16.0 Å². The summed E-state index contributed by atoms with van der Waals surface area (Å²) in [5, 5.41) is 0. The number of cyclic esters (lactones) is 1. The molecule has 18 heavy (non-hydrogen) atoms. The predicted molar refractivity (Wildman–Crippen MR) is 67.0 cm³/mol. The number of imide groups is 1. The van der Waals surface area contributed by atoms with Crippen molar-refractivity contribution in [1.29, 1.82) is 0 Å². The van der Waals surface area contributed by atoms with Crippen LogP contribution in [0.3, 0.4) is 0 Å². The molecular weight excluding hydrogens is 230 g/mol. The molecule has 1 aromatic carbocycles. The summed E-state index contributed by atoms with van der Waals surface area (Å²) < 4.78 is 4.99. The summed E-state index contributed by atoms with van der Waals surface area (Å²) in [4.78, 5) is 24.8. The highest BCUT2D eigenvalue weighted by atomic mass is 16.6. The lowest BCUT2D eigenvalue weighted by molar-refractivity contribution is -0.132. The Morgan fingerprint density at radius 3 is 2.67 bits per heavy atom. The maximum atomic E-state index is 12.0. The number of hydrogen-bond acceptors (Lipinski definition) is 3. The zero-order chi connectivity index (χ0) is 13.1. The number of hydrogen-bond donors (Lipinski definition) is 0. The summed E-state index contributed by atoms with van der Waals surface area (Å²) in [5.74, 6) is -0.368. The van der Waals surface area contributed by atoms with E-state index in [0.29, 0.717) is 6.42 Å². The first-order valence-corrected chi connectivity index (χ1v) is 6.13. The largest absolute Gasteiger partial charge is 0.447 e. The van der Waals surface area contributed by atoms with Crippen LogP contribution in [0.4, 0.5) is 4.79 Å². The van der Waals surface area contributed by atoms with Crippen molar-refractivity contribution < 1.29 is 14.3 Å². The van der Waals surface area contributed by atoms with E-state index in [1.165, 1.54) is 4.90 Å². The third-order valence-electron chi connectivity index (χ3n) is 3.01. The highest BCUT2D eigenvalue weighted by Crippen LogP contribution is 2.19. The molecule has 0 radical (unpaired) electrons. The van der Waals surface area contributed by atoms with Crippen LogP contribution in [0.25, 0.3) is 0 Å². The van der Waals surface area contributed by atoms with Gasteiger partial charge in [0.25, 0.3) is 0 Å². The Bertz CT molecular complexity index is 442. The van der Waals surface area contributed by atoms with E-state index in [-0.39, 0.29) is 24.5 Å². The van der Waals surface area contributed by atoms with Gasteiger partial charge < -0.3 is 4.74 Å². The lowest BCUT2D eigenvalue weighted by Gasteiger charge is -2.21. The average Bonchev–Trinajstić information content (AvgIpc) is 2.71. The van der Waals surface area contributed by atoms with Crippen LogP contribution in [-0.4, -0.2) is 29.5 Å². The number of carbonyl (C=O) groups is 2. The summed E-state index contributed by atoms with van der Waals surface area (Å²) in [7, 11) is 0. The van der Waals surface area contributed by atoms with Crippen molar-refractivity contribution in [3.05, 3.63) is 35.9 Å². The smallest absolute Gasteiger partial charge is 0.416 e. The van der Waals surface area contributed by atoms with Crippen molar-refractivity contribution in [2.45, 2.75) is 26.3 Å². The van der Waals surface area contributed by atoms with Crippen LogP contribution in [0.1, 0.15) is 19.4 Å². The fourth-order valence-corrected chi connectivity index (χ4v) is 2.05. The van der Waals surface area contributed by atoms with Gasteiger partial charge in [-0.3, -0.25) is 4.79 Å². The van der Waals surface area contributed by atoms with Gasteiger partial charge in [0.2, 0.25) is 5.91 Å². The third kappa shape index (κ3) is 2.53. The van der Waals surface area contributed by atoms with Gasteiger partial charge in [-0.15, -0.1) is 0 Å². The fourth-order valence-electron chi connectivity index (χ4n) is 2.05. The lowest BCUT2D eigenvalue weighted by atomic mass is 10.0. The highest BCUT2D eigenvalue weighted by molar-refractivity contribution is 5.94. The first kappa shape index (κ1) is 12.6. The monoisotopic (exact) mass is 247 g/mol. The number of carbonyl (C=O) groups excluding carboxylic acids is 2. The first-order chi connectivity index (χ1) is 8.59. The SMILES string of the molecule is CC(C)C(=O)N1C(=O)OCC1Cc1ccccc1. The number of ether oxygens (including phenoxy) is 1. The Labute approximate surface area is 107 Å². The van der Waals surface area contributed by atoms with E-state index in [1.807, 2.05) is 30.3 Å². The molecule has 4 nitrogen and oxygen atoms in total. The Hall–Kier alpha value is -1.84. The second-order valence-corrected chi connectivity index (χ2v) is 4.78. The normalized spacial score (nSPS) is 19.2. The van der Waals surface area contributed by atoms with E-state index >= 15 is 0 Å². The number of rotatable bonds is 3. The molecule has 1 fully saturated rings. The molecule has 2 rings (SSSR count). The molecule has 1 aliphatic heterocycles. The van der Waals surface area contributed by atoms with Crippen molar-refractivity contribution in [1.82, 2.24) is 4.90 Å². The molecule has 96 valence electrons. The zero-order valence-electron chi connectivity index (χ0n) is 10.6. The molecule has 1 aromatic rings. The van der Waals surface area contributed by atoms with E-state index in [2.05, 4.69) is 0 Å². The minimum absolute atomic E-state index is 0.168. The van der Waals surface area contributed by atoms with Gasteiger partial charge in [-0.05, 0) is 12.0 Å². The molecule has 0 N–H and O–H groups in total. The van der Waals surface area contributed by atoms with E-state index in [1.54, 1.807) is 13.8 Å². The van der Waals surface area contributed by atoms with Crippen LogP contribution in [0.5, 0.6) is 0 Å². The van der Waals surface area contributed by atoms with Crippen LogP contribution in [0, 0.1) is 5.92 Å². The van der Waals surface area contributed by atoms with E-state index in [0.717, 1.165) is 5.56 Å². The second-order valence-electron chi connectivity index (χ2n) is 4.78. The topological polar surface area (TPSA) is 46.6 Å². The van der Waals surface area contributed by atoms with E-state index < -0.39 is 6.09 Å². The summed E-state index contributed by atoms with van der Waals surface area (Å²) in [6, 6.07) is 9.62. The summed E-state index contributed by atoms with van der Waals surface area (Å²) in [6.45, 7) is 3.85. The standard InChI is InChI=1S/C14H17NO3/c1-10(2)13(16)15-12(9-18-14(15)17)8-11-6-4-3-5-7-11/h3-7,10,12H,8-9H2,1-2H3. The van der Waals surface area contributed by atoms with Gasteiger partial charge in [-0.2, -0.15) is 0 Å². The summed E-state index contributed by atoms with van der Waals surface area (Å²) in [5.41, 5.74) is 1.10. The molecule has 0 aromatic heterocycles. The average molecular weight is 247 g/mol. The maximum absolute atomic E-state index is 12.0. The Morgan fingerprint density at radius 2 is 2.06 bits per heavy atom. The molecule has 1 heterocycles. The van der Waals surface area contributed by atoms with Crippen molar-refractivity contribution in [3.8, 4) is 0 Å². The van der Waals surface area contributed by atoms with Crippen molar-refractivity contribution in [2.75, 3.05) is 6.61 Å². The molecular formula is C14H17NO3. The van der Waals surface area contributed by atoms with Crippen LogP contribution >= 0.6 is 0 Å². The van der Waals surface area contributed by atoms with Crippen LogP contribution < -0.4 is 0 Å². The van der Waals surface area contributed by atoms with Crippen molar-refractivity contribution in [3.63, 3.8) is 0 Å². The third-order valence-corrected chi connectivity index (χ3v) is 3.01. The van der Waals surface area contributed by atoms with Gasteiger partial charge in [0.05, 0.1) is 6.04 Å². The molecule has 1 unspecified atom stereocenters. The minimum atomic E-state index is -0.519. The Kier molecular flexibility index (Phi) is 3.65. The molecule has 0 aliphatic carbocycles. The summed E-state index contributed by atoms with van der Waals surface area (Å²) >= 11 is 0. The van der Waals surface area contributed by atoms with Gasteiger partial charge in [0.1, 0.15) is 6.61 Å². The Morgan fingerprint density at radius 1 is 1.39 bits per heavy atom. The van der Waals surface area contributed by atoms with Gasteiger partial charge in [0.15, 0.2) is 0 Å². The van der Waals surface area contributed by atoms with E-state index in [4.69, 9.17) is 4.74 Å². The quantitative estimate of drug-likeness (QED) is 0.822. The maximum Gasteiger partial charge on any atom is 0.416 e. The van der Waals surface area contributed by atoms with E-state index in [9.17, 15) is 9.59 Å². The highest BCUT2D eigenvalue weighted by Gasteiger charge is 2.38. The van der Waals surface area contributed by atoms with Gasteiger partial charge in [0, 0.05) is 5.92 Å². The molecule has 1 aliphatic rings. The molecule has 1 atom stereocenters. The number of amides is 2. The van der Waals surface area contributed by atoms with Gasteiger partial charge in [-0.1, -0.05) is 44.2 Å². The second kappa shape index (κ2) is 5.21. The van der Waals surface area contributed by atoms with Crippen molar-refractivity contribution >= 4 is 12.0 Å². The minimum Gasteiger partial charge on any atom is -0.447 e. The fraction of sp³-hybridized carbons (Fsp3) is 0.429. The summed E-state index contributed by atoms with van der Waals surface area (Å²) in [6.07, 6.45) is 0.125. The molecule has 1 saturated heterocycles. The number of nitrogens with zero attached hydrogens (tertiary/aromatic N) is 1. The molecule has 2 amide bonds. The van der Waals surface area contributed by atoms with Gasteiger partial charge >= 0.3 is 6.09 Å². The Balaban J connectivity index is 2.12. The first-order valence-electron chi connectivity index (χ1n) is 6.13. The molecule has 0 bridgehead atoms. The molecule has 0 spiro atoms. The van der Waals surface area contributed by atoms with Crippen LogP contribution in [0.2, 0.25) is 0 Å². The molecule has 0 saturated carbocycles. The van der Waals surface area contributed by atoms with Gasteiger partial charge in [-0.25, -0.2) is 9.69 Å².